The fraction of sp³-hybridized carbons (Fsp3) is 0.364. The SMILES string of the molecule is CC(=O)Oc1c(Cl)cccc1C1CC1.I. The fourth-order valence-electron chi connectivity index (χ4n) is 1.49. The molecule has 0 aromatic heterocycles. The summed E-state index contributed by atoms with van der Waals surface area (Å²) in [6, 6.07) is 5.61. The highest BCUT2D eigenvalue weighted by Crippen LogP contribution is 2.46. The molecular formula is C11H12ClIO2. The minimum Gasteiger partial charge on any atom is -0.425 e. The zero-order valence-corrected chi connectivity index (χ0v) is 11.4. The molecule has 0 unspecified atom stereocenters. The van der Waals surface area contributed by atoms with E-state index in [0.29, 0.717) is 16.7 Å². The van der Waals surface area contributed by atoms with Crippen LogP contribution in [0.25, 0.3) is 0 Å². The van der Waals surface area contributed by atoms with Crippen LogP contribution in [0.5, 0.6) is 5.75 Å². The number of esters is 1. The van der Waals surface area contributed by atoms with Crippen molar-refractivity contribution in [3.63, 3.8) is 0 Å². The van der Waals surface area contributed by atoms with E-state index in [-0.39, 0.29) is 29.9 Å². The Balaban J connectivity index is 0.00000112. The molecule has 1 aliphatic rings. The topological polar surface area (TPSA) is 26.3 Å². The van der Waals surface area contributed by atoms with Crippen LogP contribution in [0, 0.1) is 0 Å². The van der Waals surface area contributed by atoms with Crippen molar-refractivity contribution in [1.29, 1.82) is 0 Å². The van der Waals surface area contributed by atoms with Crippen molar-refractivity contribution in [2.75, 3.05) is 0 Å². The zero-order valence-electron chi connectivity index (χ0n) is 8.33. The van der Waals surface area contributed by atoms with E-state index >= 15 is 0 Å². The summed E-state index contributed by atoms with van der Waals surface area (Å²) in [5.41, 5.74) is 1.06. The Morgan fingerprint density at radius 2 is 2.13 bits per heavy atom. The van der Waals surface area contributed by atoms with Gasteiger partial charge in [0.15, 0.2) is 5.75 Å². The summed E-state index contributed by atoms with van der Waals surface area (Å²) >= 11 is 5.97. The Kier molecular flexibility index (Phi) is 4.40. The standard InChI is InChI=1S/C11H11ClO2.HI/c1-7(13)14-11-9(8-5-6-8)3-2-4-10(11)12;/h2-4,8H,5-6H2,1H3;1H. The molecule has 1 aliphatic carbocycles. The molecule has 15 heavy (non-hydrogen) atoms. The van der Waals surface area contributed by atoms with Gasteiger partial charge in [-0.05, 0) is 30.4 Å². The number of ether oxygens (including phenoxy) is 1. The van der Waals surface area contributed by atoms with Gasteiger partial charge in [-0.2, -0.15) is 0 Å². The van der Waals surface area contributed by atoms with Crippen molar-refractivity contribution in [3.8, 4) is 5.75 Å². The summed E-state index contributed by atoms with van der Waals surface area (Å²) in [7, 11) is 0. The molecule has 0 radical (unpaired) electrons. The molecule has 0 heterocycles. The van der Waals surface area contributed by atoms with Gasteiger partial charge in [0.1, 0.15) is 0 Å². The maximum Gasteiger partial charge on any atom is 0.308 e. The lowest BCUT2D eigenvalue weighted by Crippen LogP contribution is -2.04. The molecule has 2 nitrogen and oxygen atoms in total. The van der Waals surface area contributed by atoms with Crippen LogP contribution in [0.3, 0.4) is 0 Å². The first kappa shape index (κ1) is 12.8. The van der Waals surface area contributed by atoms with Crippen LogP contribution in [0.1, 0.15) is 31.2 Å². The summed E-state index contributed by atoms with van der Waals surface area (Å²) in [6.07, 6.45) is 2.32. The van der Waals surface area contributed by atoms with E-state index in [2.05, 4.69) is 0 Å². The summed E-state index contributed by atoms with van der Waals surface area (Å²) < 4.78 is 5.11. The van der Waals surface area contributed by atoms with E-state index < -0.39 is 0 Å². The minimum atomic E-state index is -0.319. The molecule has 1 fully saturated rings. The molecule has 0 amide bonds. The molecule has 2 rings (SSSR count). The number of benzene rings is 1. The second-order valence-electron chi connectivity index (χ2n) is 3.53. The lowest BCUT2D eigenvalue weighted by atomic mass is 10.1. The van der Waals surface area contributed by atoms with Gasteiger partial charge in [0, 0.05) is 6.92 Å². The summed E-state index contributed by atoms with van der Waals surface area (Å²) in [4.78, 5) is 10.9. The third-order valence-corrected chi connectivity index (χ3v) is 2.56. The second kappa shape index (κ2) is 5.16. The molecule has 0 atom stereocenters. The molecule has 82 valence electrons. The normalized spacial score (nSPS) is 14.3. The largest absolute Gasteiger partial charge is 0.425 e. The van der Waals surface area contributed by atoms with Crippen LogP contribution < -0.4 is 4.74 Å². The van der Waals surface area contributed by atoms with Crippen molar-refractivity contribution < 1.29 is 9.53 Å². The van der Waals surface area contributed by atoms with E-state index in [0.717, 1.165) is 18.4 Å². The Hall–Kier alpha value is -0.290. The molecule has 0 N–H and O–H groups in total. The quantitative estimate of drug-likeness (QED) is 0.466. The Labute approximate surface area is 111 Å². The third-order valence-electron chi connectivity index (χ3n) is 2.26. The maximum atomic E-state index is 10.9. The smallest absolute Gasteiger partial charge is 0.308 e. The highest BCUT2D eigenvalue weighted by atomic mass is 127. The predicted molar refractivity (Wildman–Crippen MR) is 70.2 cm³/mol. The fourth-order valence-corrected chi connectivity index (χ4v) is 1.71. The lowest BCUT2D eigenvalue weighted by molar-refractivity contribution is -0.131. The number of rotatable bonds is 2. The van der Waals surface area contributed by atoms with E-state index in [4.69, 9.17) is 16.3 Å². The van der Waals surface area contributed by atoms with Gasteiger partial charge in [-0.1, -0.05) is 23.7 Å². The summed E-state index contributed by atoms with van der Waals surface area (Å²) in [5.74, 6) is 0.757. The molecule has 0 spiro atoms. The van der Waals surface area contributed by atoms with Gasteiger partial charge in [0.25, 0.3) is 0 Å². The number of halogens is 2. The first-order valence-corrected chi connectivity index (χ1v) is 5.03. The Morgan fingerprint density at radius 1 is 1.47 bits per heavy atom. The number of carbonyl (C=O) groups is 1. The first-order chi connectivity index (χ1) is 6.68. The van der Waals surface area contributed by atoms with Crippen LogP contribution in [0.15, 0.2) is 18.2 Å². The van der Waals surface area contributed by atoms with Gasteiger partial charge in [-0.3, -0.25) is 4.79 Å². The molecule has 1 saturated carbocycles. The highest BCUT2D eigenvalue weighted by Gasteiger charge is 2.28. The van der Waals surface area contributed by atoms with E-state index in [1.54, 1.807) is 6.07 Å². The summed E-state index contributed by atoms with van der Waals surface area (Å²) in [6.45, 7) is 1.39. The first-order valence-electron chi connectivity index (χ1n) is 4.65. The lowest BCUT2D eigenvalue weighted by Gasteiger charge is -2.09. The number of para-hydroxylation sites is 1. The Morgan fingerprint density at radius 3 is 2.67 bits per heavy atom. The molecule has 0 aliphatic heterocycles. The van der Waals surface area contributed by atoms with Gasteiger partial charge in [-0.25, -0.2) is 0 Å². The molecule has 0 saturated heterocycles. The monoisotopic (exact) mass is 338 g/mol. The number of hydrogen-bond acceptors (Lipinski definition) is 2. The van der Waals surface area contributed by atoms with Crippen LogP contribution in [0.2, 0.25) is 5.02 Å². The number of hydrogen-bond donors (Lipinski definition) is 0. The second-order valence-corrected chi connectivity index (χ2v) is 3.93. The van der Waals surface area contributed by atoms with Gasteiger partial charge in [0.2, 0.25) is 0 Å². The number of carbonyl (C=O) groups excluding carboxylic acids is 1. The van der Waals surface area contributed by atoms with Crippen molar-refractivity contribution in [2.45, 2.75) is 25.7 Å². The third kappa shape index (κ3) is 3.08. The van der Waals surface area contributed by atoms with Crippen molar-refractivity contribution in [1.82, 2.24) is 0 Å². The van der Waals surface area contributed by atoms with Gasteiger partial charge in [-0.15, -0.1) is 24.0 Å². The molecule has 1 aromatic carbocycles. The zero-order chi connectivity index (χ0) is 10.1. The highest BCUT2D eigenvalue weighted by molar-refractivity contribution is 14.0. The molecule has 4 heteroatoms. The van der Waals surface area contributed by atoms with Crippen molar-refractivity contribution in [2.24, 2.45) is 0 Å². The van der Waals surface area contributed by atoms with Gasteiger partial charge >= 0.3 is 5.97 Å². The van der Waals surface area contributed by atoms with Crippen LogP contribution in [-0.2, 0) is 4.79 Å². The summed E-state index contributed by atoms with van der Waals surface area (Å²) in [5, 5.41) is 0.518. The average Bonchev–Trinajstić information content (AvgIpc) is 2.90. The van der Waals surface area contributed by atoms with Crippen LogP contribution >= 0.6 is 35.6 Å². The molecule has 0 bridgehead atoms. The molecular weight excluding hydrogens is 326 g/mol. The Bertz CT molecular complexity index is 375. The molecule has 1 aromatic rings. The minimum absolute atomic E-state index is 0. The van der Waals surface area contributed by atoms with E-state index in [9.17, 15) is 4.79 Å². The maximum absolute atomic E-state index is 10.9. The van der Waals surface area contributed by atoms with Gasteiger partial charge in [0.05, 0.1) is 5.02 Å². The van der Waals surface area contributed by atoms with E-state index in [1.807, 2.05) is 12.1 Å². The van der Waals surface area contributed by atoms with Gasteiger partial charge < -0.3 is 4.74 Å². The van der Waals surface area contributed by atoms with Crippen LogP contribution in [-0.4, -0.2) is 5.97 Å². The van der Waals surface area contributed by atoms with Crippen LogP contribution in [0.4, 0.5) is 0 Å². The predicted octanol–water partition coefficient (Wildman–Crippen LogP) is 3.76. The van der Waals surface area contributed by atoms with E-state index in [1.165, 1.54) is 6.92 Å². The van der Waals surface area contributed by atoms with Crippen molar-refractivity contribution in [3.05, 3.63) is 28.8 Å². The van der Waals surface area contributed by atoms with Crippen molar-refractivity contribution >= 4 is 41.5 Å². The average molecular weight is 339 g/mol.